The topological polar surface area (TPSA) is 41.3 Å². The van der Waals surface area contributed by atoms with Crippen LogP contribution in [0.15, 0.2) is 30.5 Å². The second kappa shape index (κ2) is 5.63. The van der Waals surface area contributed by atoms with E-state index >= 15 is 0 Å². The summed E-state index contributed by atoms with van der Waals surface area (Å²) < 4.78 is 1.72. The summed E-state index contributed by atoms with van der Waals surface area (Å²) in [5, 5.41) is 15.1. The second-order valence-electron chi connectivity index (χ2n) is 4.58. The van der Waals surface area contributed by atoms with Crippen LogP contribution in [-0.2, 0) is 6.54 Å². The summed E-state index contributed by atoms with van der Waals surface area (Å²) in [7, 11) is 3.96. The molecule has 2 aromatic rings. The molecule has 0 bridgehead atoms. The molecule has 0 saturated carbocycles. The maximum Gasteiger partial charge on any atom is 0.122 e. The van der Waals surface area contributed by atoms with Crippen molar-refractivity contribution in [3.05, 3.63) is 46.7 Å². The predicted octanol–water partition coefficient (Wildman–Crippen LogP) is 2.70. The summed E-state index contributed by atoms with van der Waals surface area (Å²) in [6.45, 7) is 2.64. The smallest absolute Gasteiger partial charge is 0.122 e. The standard InChI is InChI=1S/C14H18ClN3O/c1-4-18-13(12(15)9-16-18)14(19)10-5-7-11(8-6-10)17(2)3/h5-9,14,19H,4H2,1-3H3. The Kier molecular flexibility index (Phi) is 4.12. The van der Waals surface area contributed by atoms with Gasteiger partial charge in [0.2, 0.25) is 0 Å². The van der Waals surface area contributed by atoms with Crippen LogP contribution in [-0.4, -0.2) is 29.0 Å². The van der Waals surface area contributed by atoms with E-state index in [0.29, 0.717) is 17.3 Å². The number of aliphatic hydroxyl groups excluding tert-OH is 1. The minimum Gasteiger partial charge on any atom is -0.382 e. The lowest BCUT2D eigenvalue weighted by atomic mass is 10.1. The first-order valence-electron chi connectivity index (χ1n) is 6.21. The molecular formula is C14H18ClN3O. The van der Waals surface area contributed by atoms with E-state index < -0.39 is 6.10 Å². The summed E-state index contributed by atoms with van der Waals surface area (Å²) in [6, 6.07) is 7.75. The van der Waals surface area contributed by atoms with E-state index in [4.69, 9.17) is 11.6 Å². The zero-order valence-corrected chi connectivity index (χ0v) is 12.1. The maximum atomic E-state index is 10.4. The molecule has 0 amide bonds. The number of nitrogens with zero attached hydrogens (tertiary/aromatic N) is 3. The zero-order chi connectivity index (χ0) is 14.0. The molecule has 0 aliphatic carbocycles. The van der Waals surface area contributed by atoms with Gasteiger partial charge in [0.15, 0.2) is 0 Å². The minimum atomic E-state index is -0.758. The summed E-state index contributed by atoms with van der Waals surface area (Å²) >= 11 is 6.10. The van der Waals surface area contributed by atoms with E-state index in [2.05, 4.69) is 5.10 Å². The molecule has 1 heterocycles. The van der Waals surface area contributed by atoms with Crippen LogP contribution in [0.4, 0.5) is 5.69 Å². The van der Waals surface area contributed by atoms with Gasteiger partial charge in [0.25, 0.3) is 0 Å². The second-order valence-corrected chi connectivity index (χ2v) is 4.99. The van der Waals surface area contributed by atoms with Crippen molar-refractivity contribution in [2.75, 3.05) is 19.0 Å². The van der Waals surface area contributed by atoms with E-state index in [-0.39, 0.29) is 0 Å². The molecule has 1 aromatic heterocycles. The molecular weight excluding hydrogens is 262 g/mol. The molecule has 2 rings (SSSR count). The normalized spacial score (nSPS) is 12.5. The van der Waals surface area contributed by atoms with Crippen molar-refractivity contribution in [1.82, 2.24) is 9.78 Å². The third kappa shape index (κ3) is 2.74. The first-order chi connectivity index (χ1) is 9.04. The monoisotopic (exact) mass is 279 g/mol. The highest BCUT2D eigenvalue weighted by Crippen LogP contribution is 2.29. The Bertz CT molecular complexity index is 548. The van der Waals surface area contributed by atoms with Crippen molar-refractivity contribution >= 4 is 17.3 Å². The molecule has 19 heavy (non-hydrogen) atoms. The van der Waals surface area contributed by atoms with Gasteiger partial charge in [0.05, 0.1) is 16.9 Å². The number of aromatic nitrogens is 2. The average molecular weight is 280 g/mol. The fourth-order valence-corrected chi connectivity index (χ4v) is 2.25. The van der Waals surface area contributed by atoms with Crippen LogP contribution in [0.2, 0.25) is 5.02 Å². The van der Waals surface area contributed by atoms with E-state index in [0.717, 1.165) is 11.3 Å². The van der Waals surface area contributed by atoms with Crippen LogP contribution in [0.5, 0.6) is 0 Å². The van der Waals surface area contributed by atoms with E-state index in [9.17, 15) is 5.11 Å². The van der Waals surface area contributed by atoms with Gasteiger partial charge in [-0.15, -0.1) is 0 Å². The summed E-state index contributed by atoms with van der Waals surface area (Å²) in [5.74, 6) is 0. The SMILES string of the molecule is CCn1ncc(Cl)c1C(O)c1ccc(N(C)C)cc1. The molecule has 1 aromatic carbocycles. The molecule has 0 fully saturated rings. The largest absolute Gasteiger partial charge is 0.382 e. The van der Waals surface area contributed by atoms with Gasteiger partial charge in [-0.3, -0.25) is 4.68 Å². The zero-order valence-electron chi connectivity index (χ0n) is 11.3. The number of aliphatic hydroxyl groups is 1. The molecule has 5 heteroatoms. The van der Waals surface area contributed by atoms with Crippen molar-refractivity contribution in [3.8, 4) is 0 Å². The van der Waals surface area contributed by atoms with Gasteiger partial charge in [-0.25, -0.2) is 0 Å². The Hall–Kier alpha value is -1.52. The third-order valence-electron chi connectivity index (χ3n) is 3.12. The lowest BCUT2D eigenvalue weighted by Crippen LogP contribution is -2.11. The molecule has 0 saturated heterocycles. The summed E-state index contributed by atoms with van der Waals surface area (Å²) in [4.78, 5) is 2.01. The van der Waals surface area contributed by atoms with Crippen LogP contribution in [0.25, 0.3) is 0 Å². The molecule has 102 valence electrons. The van der Waals surface area contributed by atoms with E-state index in [1.807, 2.05) is 50.2 Å². The lowest BCUT2D eigenvalue weighted by Gasteiger charge is -2.16. The van der Waals surface area contributed by atoms with Gasteiger partial charge in [0.1, 0.15) is 6.10 Å². The molecule has 1 atom stereocenters. The summed E-state index contributed by atoms with van der Waals surface area (Å²) in [5.41, 5.74) is 2.54. The third-order valence-corrected chi connectivity index (χ3v) is 3.41. The Labute approximate surface area is 118 Å². The van der Waals surface area contributed by atoms with Gasteiger partial charge in [-0.1, -0.05) is 23.7 Å². The molecule has 0 aliphatic heterocycles. The summed E-state index contributed by atoms with van der Waals surface area (Å²) in [6.07, 6.45) is 0.809. The number of benzene rings is 1. The first kappa shape index (κ1) is 13.9. The quantitative estimate of drug-likeness (QED) is 0.936. The first-order valence-corrected chi connectivity index (χ1v) is 6.59. The van der Waals surface area contributed by atoms with Gasteiger partial charge in [0, 0.05) is 26.3 Å². The number of rotatable bonds is 4. The number of halogens is 1. The highest BCUT2D eigenvalue weighted by molar-refractivity contribution is 6.31. The Morgan fingerprint density at radius 1 is 1.32 bits per heavy atom. The van der Waals surface area contributed by atoms with Crippen molar-refractivity contribution in [2.24, 2.45) is 0 Å². The van der Waals surface area contributed by atoms with Crippen molar-refractivity contribution in [3.63, 3.8) is 0 Å². The van der Waals surface area contributed by atoms with Crippen molar-refractivity contribution < 1.29 is 5.11 Å². The molecule has 0 radical (unpaired) electrons. The lowest BCUT2D eigenvalue weighted by molar-refractivity contribution is 0.208. The van der Waals surface area contributed by atoms with Gasteiger partial charge >= 0.3 is 0 Å². The van der Waals surface area contributed by atoms with Crippen molar-refractivity contribution in [2.45, 2.75) is 19.6 Å². The predicted molar refractivity (Wildman–Crippen MR) is 77.7 cm³/mol. The minimum absolute atomic E-state index is 0.492. The highest BCUT2D eigenvalue weighted by Gasteiger charge is 2.19. The Morgan fingerprint density at radius 3 is 2.47 bits per heavy atom. The van der Waals surface area contributed by atoms with E-state index in [1.54, 1.807) is 10.9 Å². The van der Waals surface area contributed by atoms with Crippen LogP contribution < -0.4 is 4.90 Å². The molecule has 1 N–H and O–H groups in total. The number of hydrogen-bond acceptors (Lipinski definition) is 3. The van der Waals surface area contributed by atoms with Crippen LogP contribution >= 0.6 is 11.6 Å². The van der Waals surface area contributed by atoms with Gasteiger partial charge in [-0.2, -0.15) is 5.10 Å². The molecule has 0 aliphatic rings. The number of anilines is 1. The van der Waals surface area contributed by atoms with Crippen molar-refractivity contribution in [1.29, 1.82) is 0 Å². The Morgan fingerprint density at radius 2 is 1.95 bits per heavy atom. The molecule has 4 nitrogen and oxygen atoms in total. The highest BCUT2D eigenvalue weighted by atomic mass is 35.5. The van der Waals surface area contributed by atoms with Crippen LogP contribution in [0, 0.1) is 0 Å². The molecule has 0 spiro atoms. The van der Waals surface area contributed by atoms with Gasteiger partial charge < -0.3 is 10.0 Å². The fraction of sp³-hybridized carbons (Fsp3) is 0.357. The van der Waals surface area contributed by atoms with Crippen LogP contribution in [0.1, 0.15) is 24.3 Å². The van der Waals surface area contributed by atoms with E-state index in [1.165, 1.54) is 0 Å². The number of hydrogen-bond donors (Lipinski definition) is 1. The van der Waals surface area contributed by atoms with Gasteiger partial charge in [-0.05, 0) is 24.6 Å². The average Bonchev–Trinajstić information content (AvgIpc) is 2.79. The Balaban J connectivity index is 2.33. The molecule has 1 unspecified atom stereocenters. The van der Waals surface area contributed by atoms with Crippen LogP contribution in [0.3, 0.4) is 0 Å². The fourth-order valence-electron chi connectivity index (χ4n) is 2.01. The maximum absolute atomic E-state index is 10.4. The number of aryl methyl sites for hydroxylation is 1.